The lowest BCUT2D eigenvalue weighted by molar-refractivity contribution is -0.137. The molecular formula is C12H7ClF3NO. The second-order valence-corrected chi connectivity index (χ2v) is 3.82. The minimum absolute atomic E-state index is 0.711. The lowest BCUT2D eigenvalue weighted by atomic mass is 10.3. The summed E-state index contributed by atoms with van der Waals surface area (Å²) in [6.07, 6.45) is -2.18. The van der Waals surface area contributed by atoms with E-state index in [4.69, 9.17) is 16.3 Å². The summed E-state index contributed by atoms with van der Waals surface area (Å²) in [6.45, 7) is 0. The number of halogens is 4. The van der Waals surface area contributed by atoms with E-state index < -0.39 is 11.7 Å². The second kappa shape index (κ2) is 4.86. The average molecular weight is 274 g/mol. The zero-order chi connectivity index (χ0) is 13.2. The van der Waals surface area contributed by atoms with Crippen molar-refractivity contribution in [1.82, 2.24) is 4.98 Å². The van der Waals surface area contributed by atoms with Gasteiger partial charge < -0.3 is 4.74 Å². The van der Waals surface area contributed by atoms with Crippen LogP contribution in [0.2, 0.25) is 5.02 Å². The van der Waals surface area contributed by atoms with Crippen molar-refractivity contribution in [2.24, 2.45) is 0 Å². The normalized spacial score (nSPS) is 11.8. The molecule has 0 atom stereocenters. The van der Waals surface area contributed by atoms with Crippen LogP contribution in [0.3, 0.4) is 0 Å². The first-order valence-electron chi connectivity index (χ1n) is 4.92. The van der Waals surface area contributed by atoms with Crippen LogP contribution in [0.1, 0.15) is 5.56 Å². The third-order valence-electron chi connectivity index (χ3n) is 2.09. The number of rotatable bonds is 0. The number of hydrogen-bond donors (Lipinski definition) is 0. The molecule has 1 aliphatic heterocycles. The van der Waals surface area contributed by atoms with Crippen molar-refractivity contribution in [2.75, 3.05) is 0 Å². The van der Waals surface area contributed by atoms with Gasteiger partial charge in [0.15, 0.2) is 11.5 Å². The predicted molar refractivity (Wildman–Crippen MR) is 60.8 cm³/mol. The van der Waals surface area contributed by atoms with Gasteiger partial charge in [0.05, 0.1) is 10.6 Å². The van der Waals surface area contributed by atoms with Gasteiger partial charge in [-0.05, 0) is 24.3 Å². The van der Waals surface area contributed by atoms with Crippen LogP contribution in [0.15, 0.2) is 42.7 Å². The Kier molecular flexibility index (Phi) is 3.43. The van der Waals surface area contributed by atoms with E-state index in [0.717, 1.165) is 23.8 Å². The molecule has 0 fully saturated rings. The molecule has 18 heavy (non-hydrogen) atoms. The third kappa shape index (κ3) is 3.13. The Balaban J connectivity index is 0.000000136. The van der Waals surface area contributed by atoms with Crippen molar-refractivity contribution in [3.63, 3.8) is 0 Å². The highest BCUT2D eigenvalue weighted by molar-refractivity contribution is 6.32. The maximum atomic E-state index is 11.7. The summed E-state index contributed by atoms with van der Waals surface area (Å²) in [5.41, 5.74) is -0.713. The maximum absolute atomic E-state index is 11.7. The fourth-order valence-corrected chi connectivity index (χ4v) is 1.39. The fraction of sp³-hybridized carbons (Fsp3) is 0.0833. The number of aromatic nitrogens is 1. The highest BCUT2D eigenvalue weighted by Crippen LogP contribution is 2.49. The standard InChI is InChI=1S/C6H3ClO.C6H4F3N/c7-4-2-1-3-5-6(4)8-5;7-6(8,9)5-2-1-3-10-4-5/h1-3H;1-4H. The van der Waals surface area contributed by atoms with Crippen molar-refractivity contribution in [1.29, 1.82) is 0 Å². The van der Waals surface area contributed by atoms with E-state index in [0.29, 0.717) is 5.02 Å². The van der Waals surface area contributed by atoms with E-state index >= 15 is 0 Å². The lowest BCUT2D eigenvalue weighted by Gasteiger charge is -2.03. The van der Waals surface area contributed by atoms with Crippen LogP contribution in [0.25, 0.3) is 0 Å². The molecule has 0 aliphatic carbocycles. The molecule has 0 amide bonds. The molecule has 0 spiro atoms. The molecule has 0 bridgehead atoms. The van der Waals surface area contributed by atoms with Gasteiger partial charge in [-0.3, -0.25) is 4.98 Å². The van der Waals surface area contributed by atoms with Crippen LogP contribution in [0.5, 0.6) is 11.5 Å². The maximum Gasteiger partial charge on any atom is 0.417 e. The van der Waals surface area contributed by atoms with Crippen LogP contribution in [-0.4, -0.2) is 4.98 Å². The summed E-state index contributed by atoms with van der Waals surface area (Å²) in [6, 6.07) is 7.80. The van der Waals surface area contributed by atoms with Crippen LogP contribution in [0, 0.1) is 0 Å². The number of para-hydroxylation sites is 1. The molecule has 1 aromatic heterocycles. The minimum atomic E-state index is -4.27. The topological polar surface area (TPSA) is 25.4 Å². The smallest absolute Gasteiger partial charge is 0.417 e. The molecular weight excluding hydrogens is 267 g/mol. The van der Waals surface area contributed by atoms with Gasteiger partial charge in [0.2, 0.25) is 0 Å². The molecule has 2 aromatic rings. The molecule has 94 valence electrons. The summed E-state index contributed by atoms with van der Waals surface area (Å²) in [5.74, 6) is 1.76. The number of alkyl halides is 3. The molecule has 3 rings (SSSR count). The van der Waals surface area contributed by atoms with Gasteiger partial charge >= 0.3 is 6.18 Å². The Bertz CT molecular complexity index is 543. The van der Waals surface area contributed by atoms with Gasteiger partial charge in [-0.15, -0.1) is 0 Å². The number of fused-ring (bicyclic) bond motifs is 1. The Morgan fingerprint density at radius 3 is 2.33 bits per heavy atom. The molecule has 0 saturated carbocycles. The first-order valence-corrected chi connectivity index (χ1v) is 5.30. The van der Waals surface area contributed by atoms with Crippen LogP contribution >= 0.6 is 11.6 Å². The monoisotopic (exact) mass is 273 g/mol. The fourth-order valence-electron chi connectivity index (χ4n) is 1.19. The summed E-state index contributed by atoms with van der Waals surface area (Å²) in [5, 5.41) is 0.711. The quantitative estimate of drug-likeness (QED) is 0.562. The zero-order valence-electron chi connectivity index (χ0n) is 8.91. The van der Waals surface area contributed by atoms with Crippen LogP contribution in [-0.2, 0) is 6.18 Å². The van der Waals surface area contributed by atoms with E-state index in [9.17, 15) is 13.2 Å². The van der Waals surface area contributed by atoms with Gasteiger partial charge in [0, 0.05) is 12.4 Å². The van der Waals surface area contributed by atoms with Crippen LogP contribution < -0.4 is 4.74 Å². The Labute approximate surface area is 106 Å². The Morgan fingerprint density at radius 1 is 1.11 bits per heavy atom. The molecule has 0 radical (unpaired) electrons. The number of hydrogen-bond acceptors (Lipinski definition) is 2. The average Bonchev–Trinajstić information content (AvgIpc) is 3.11. The SMILES string of the molecule is Clc1cccc2c1O2.FC(F)(F)c1cccnc1. The van der Waals surface area contributed by atoms with Crippen molar-refractivity contribution in [3.05, 3.63) is 53.3 Å². The number of ether oxygens (including phenoxy) is 1. The molecule has 1 aliphatic rings. The van der Waals surface area contributed by atoms with E-state index in [1.165, 1.54) is 12.3 Å². The van der Waals surface area contributed by atoms with Gasteiger partial charge in [0.1, 0.15) is 0 Å². The highest BCUT2D eigenvalue weighted by Gasteiger charge is 2.30. The van der Waals surface area contributed by atoms with Crippen molar-refractivity contribution < 1.29 is 17.9 Å². The molecule has 2 heterocycles. The first-order chi connectivity index (χ1) is 8.48. The Hall–Kier alpha value is -1.75. The number of nitrogens with zero attached hydrogens (tertiary/aromatic N) is 1. The molecule has 6 heteroatoms. The summed E-state index contributed by atoms with van der Waals surface area (Å²) in [4.78, 5) is 3.33. The third-order valence-corrected chi connectivity index (χ3v) is 2.39. The first kappa shape index (κ1) is 12.7. The summed E-state index contributed by atoms with van der Waals surface area (Å²) >= 11 is 5.64. The van der Waals surface area contributed by atoms with E-state index in [1.807, 2.05) is 18.2 Å². The van der Waals surface area contributed by atoms with Crippen molar-refractivity contribution in [3.8, 4) is 11.5 Å². The number of pyridine rings is 1. The van der Waals surface area contributed by atoms with Gasteiger partial charge in [0.25, 0.3) is 0 Å². The molecule has 2 nitrogen and oxygen atoms in total. The van der Waals surface area contributed by atoms with Gasteiger partial charge in [-0.2, -0.15) is 13.2 Å². The van der Waals surface area contributed by atoms with Gasteiger partial charge in [-0.25, -0.2) is 0 Å². The molecule has 1 aromatic carbocycles. The lowest BCUT2D eigenvalue weighted by Crippen LogP contribution is -2.04. The Morgan fingerprint density at radius 2 is 1.89 bits per heavy atom. The van der Waals surface area contributed by atoms with Crippen LogP contribution in [0.4, 0.5) is 13.2 Å². The predicted octanol–water partition coefficient (Wildman–Crippen LogP) is 4.55. The van der Waals surface area contributed by atoms with Crippen molar-refractivity contribution in [2.45, 2.75) is 6.18 Å². The molecule has 0 saturated heterocycles. The van der Waals surface area contributed by atoms with E-state index in [2.05, 4.69) is 4.98 Å². The van der Waals surface area contributed by atoms with E-state index in [1.54, 1.807) is 0 Å². The number of benzene rings is 1. The van der Waals surface area contributed by atoms with E-state index in [-0.39, 0.29) is 0 Å². The summed E-state index contributed by atoms with van der Waals surface area (Å²) in [7, 11) is 0. The largest absolute Gasteiger partial charge is 0.448 e. The molecule has 0 unspecified atom stereocenters. The zero-order valence-corrected chi connectivity index (χ0v) is 9.66. The minimum Gasteiger partial charge on any atom is -0.448 e. The van der Waals surface area contributed by atoms with Gasteiger partial charge in [-0.1, -0.05) is 17.7 Å². The second-order valence-electron chi connectivity index (χ2n) is 3.41. The summed E-state index contributed by atoms with van der Waals surface area (Å²) < 4.78 is 40.2. The van der Waals surface area contributed by atoms with Crippen molar-refractivity contribution >= 4 is 11.6 Å². The highest BCUT2D eigenvalue weighted by atomic mass is 35.5. The molecule has 0 N–H and O–H groups in total.